The summed E-state index contributed by atoms with van der Waals surface area (Å²) in [5.41, 5.74) is 0.919. The third kappa shape index (κ3) is 2.86. The highest BCUT2D eigenvalue weighted by Gasteiger charge is 2.29. The van der Waals surface area contributed by atoms with Gasteiger partial charge in [-0.05, 0) is 42.3 Å². The lowest BCUT2D eigenvalue weighted by Crippen LogP contribution is -2.37. The van der Waals surface area contributed by atoms with Gasteiger partial charge in [-0.25, -0.2) is 0 Å². The highest BCUT2D eigenvalue weighted by atomic mass is 16.5. The molecule has 1 unspecified atom stereocenters. The van der Waals surface area contributed by atoms with E-state index < -0.39 is 0 Å². The van der Waals surface area contributed by atoms with E-state index in [1.165, 1.54) is 0 Å². The molecule has 2 heterocycles. The number of hydrogen-bond donors (Lipinski definition) is 1. The minimum absolute atomic E-state index is 0.0506. The molecule has 0 spiro atoms. The maximum Gasteiger partial charge on any atom is 0.170 e. The number of rotatable bonds is 5. The van der Waals surface area contributed by atoms with Crippen molar-refractivity contribution in [2.24, 2.45) is 0 Å². The Kier molecular flexibility index (Phi) is 3.75. The van der Waals surface area contributed by atoms with Crippen molar-refractivity contribution in [1.29, 1.82) is 0 Å². The predicted molar refractivity (Wildman–Crippen MR) is 74.5 cm³/mol. The summed E-state index contributed by atoms with van der Waals surface area (Å²) in [5.74, 6) is 0.804. The number of nitrogens with one attached hydrogen (secondary N) is 1. The zero-order valence-corrected chi connectivity index (χ0v) is 11.6. The molecule has 2 aromatic rings. The molecular weight excluding hydrogens is 254 g/mol. The van der Waals surface area contributed by atoms with Crippen LogP contribution in [0, 0.1) is 0 Å². The van der Waals surface area contributed by atoms with Gasteiger partial charge >= 0.3 is 0 Å². The zero-order valence-electron chi connectivity index (χ0n) is 11.6. The van der Waals surface area contributed by atoms with Crippen molar-refractivity contribution < 1.29 is 4.74 Å². The van der Waals surface area contributed by atoms with Gasteiger partial charge in [-0.15, -0.1) is 5.10 Å². The highest BCUT2D eigenvalue weighted by molar-refractivity contribution is 5.30. The van der Waals surface area contributed by atoms with Crippen molar-refractivity contribution in [1.82, 2.24) is 25.5 Å². The van der Waals surface area contributed by atoms with Gasteiger partial charge in [0.05, 0.1) is 17.8 Å². The quantitative estimate of drug-likeness (QED) is 0.890. The van der Waals surface area contributed by atoms with Gasteiger partial charge in [0.1, 0.15) is 0 Å². The molecule has 0 radical (unpaired) electrons. The third-order valence-corrected chi connectivity index (χ3v) is 3.62. The van der Waals surface area contributed by atoms with E-state index in [4.69, 9.17) is 4.74 Å². The van der Waals surface area contributed by atoms with E-state index in [0.29, 0.717) is 6.54 Å². The molecule has 3 rings (SSSR count). The summed E-state index contributed by atoms with van der Waals surface area (Å²) in [7, 11) is 0. The molecule has 1 aromatic heterocycles. The van der Waals surface area contributed by atoms with E-state index >= 15 is 0 Å². The number of nitrogens with zero attached hydrogens (tertiary/aromatic N) is 4. The Labute approximate surface area is 118 Å². The first kappa shape index (κ1) is 13.2. The molecule has 1 atom stereocenters. The molecule has 1 aliphatic rings. The Bertz CT molecular complexity index is 548. The van der Waals surface area contributed by atoms with Gasteiger partial charge in [0.15, 0.2) is 5.82 Å². The number of para-hydroxylation sites is 1. The molecule has 20 heavy (non-hydrogen) atoms. The second kappa shape index (κ2) is 5.68. The average molecular weight is 273 g/mol. The van der Waals surface area contributed by atoms with Gasteiger partial charge in [0.25, 0.3) is 0 Å². The fourth-order valence-corrected chi connectivity index (χ4v) is 2.50. The largest absolute Gasteiger partial charge is 0.374 e. The predicted octanol–water partition coefficient (Wildman–Crippen LogP) is 1.32. The summed E-state index contributed by atoms with van der Waals surface area (Å²) >= 11 is 0. The first-order valence-electron chi connectivity index (χ1n) is 6.94. The van der Waals surface area contributed by atoms with E-state index in [9.17, 15) is 0 Å². The lowest BCUT2D eigenvalue weighted by atomic mass is 10.0. The molecule has 0 saturated carbocycles. The van der Waals surface area contributed by atoms with Gasteiger partial charge in [-0.2, -0.15) is 4.68 Å². The lowest BCUT2D eigenvalue weighted by molar-refractivity contribution is 0.0205. The van der Waals surface area contributed by atoms with Crippen LogP contribution in [0.4, 0.5) is 0 Å². The summed E-state index contributed by atoms with van der Waals surface area (Å²) < 4.78 is 7.51. The van der Waals surface area contributed by atoms with Crippen molar-refractivity contribution in [2.75, 3.05) is 13.2 Å². The molecule has 6 heteroatoms. The van der Waals surface area contributed by atoms with Crippen LogP contribution < -0.4 is 5.32 Å². The Morgan fingerprint density at radius 3 is 2.95 bits per heavy atom. The van der Waals surface area contributed by atoms with Crippen molar-refractivity contribution in [3.05, 3.63) is 36.2 Å². The average Bonchev–Trinajstić information content (AvgIpc) is 3.10. The highest BCUT2D eigenvalue weighted by Crippen LogP contribution is 2.23. The molecule has 1 N–H and O–H groups in total. The first-order valence-corrected chi connectivity index (χ1v) is 6.94. The Balaban J connectivity index is 1.63. The number of benzene rings is 1. The van der Waals surface area contributed by atoms with Crippen LogP contribution in [-0.2, 0) is 11.3 Å². The minimum atomic E-state index is -0.0506. The van der Waals surface area contributed by atoms with Gasteiger partial charge in [-0.1, -0.05) is 18.2 Å². The third-order valence-electron chi connectivity index (χ3n) is 3.62. The normalized spacial score (nSPS) is 22.2. The van der Waals surface area contributed by atoms with Gasteiger partial charge in [0, 0.05) is 13.2 Å². The van der Waals surface area contributed by atoms with Crippen molar-refractivity contribution in [3.63, 3.8) is 0 Å². The molecule has 0 aliphatic carbocycles. The number of aromatic nitrogens is 4. The van der Waals surface area contributed by atoms with Crippen LogP contribution >= 0.6 is 0 Å². The van der Waals surface area contributed by atoms with Gasteiger partial charge < -0.3 is 10.1 Å². The van der Waals surface area contributed by atoms with Crippen LogP contribution in [0.2, 0.25) is 0 Å². The van der Waals surface area contributed by atoms with Crippen molar-refractivity contribution in [3.8, 4) is 5.69 Å². The molecule has 1 saturated heterocycles. The van der Waals surface area contributed by atoms with E-state index in [-0.39, 0.29) is 5.60 Å². The molecule has 106 valence electrons. The zero-order chi connectivity index (χ0) is 13.8. The van der Waals surface area contributed by atoms with E-state index in [0.717, 1.165) is 37.5 Å². The molecule has 0 bridgehead atoms. The molecular formula is C14H19N5O. The minimum Gasteiger partial charge on any atom is -0.374 e. The van der Waals surface area contributed by atoms with E-state index in [1.54, 1.807) is 4.68 Å². The number of hydrogen-bond acceptors (Lipinski definition) is 5. The maximum absolute atomic E-state index is 5.75. The molecule has 1 aliphatic heterocycles. The fourth-order valence-electron chi connectivity index (χ4n) is 2.50. The van der Waals surface area contributed by atoms with Crippen LogP contribution in [0.15, 0.2) is 30.3 Å². The summed E-state index contributed by atoms with van der Waals surface area (Å²) in [4.78, 5) is 0. The summed E-state index contributed by atoms with van der Waals surface area (Å²) in [6, 6.07) is 9.90. The summed E-state index contributed by atoms with van der Waals surface area (Å²) in [6.45, 7) is 4.45. The molecule has 1 aromatic carbocycles. The SMILES string of the molecule is CC1(CNCc2nnnn2-c2ccccc2)CCCO1. The fraction of sp³-hybridized carbons (Fsp3) is 0.500. The van der Waals surface area contributed by atoms with Gasteiger partial charge in [0.2, 0.25) is 0 Å². The number of ether oxygens (including phenoxy) is 1. The summed E-state index contributed by atoms with van der Waals surface area (Å²) in [6.07, 6.45) is 2.24. The van der Waals surface area contributed by atoms with Crippen molar-refractivity contribution in [2.45, 2.75) is 31.9 Å². The van der Waals surface area contributed by atoms with Crippen LogP contribution in [0.5, 0.6) is 0 Å². The Morgan fingerprint density at radius 2 is 2.20 bits per heavy atom. The first-order chi connectivity index (χ1) is 9.77. The van der Waals surface area contributed by atoms with E-state index in [2.05, 4.69) is 27.8 Å². The molecule has 6 nitrogen and oxygen atoms in total. The van der Waals surface area contributed by atoms with E-state index in [1.807, 2.05) is 30.3 Å². The number of tetrazole rings is 1. The topological polar surface area (TPSA) is 64.9 Å². The van der Waals surface area contributed by atoms with Gasteiger partial charge in [-0.3, -0.25) is 0 Å². The van der Waals surface area contributed by atoms with Crippen LogP contribution in [-0.4, -0.2) is 39.0 Å². The Morgan fingerprint density at radius 1 is 1.35 bits per heavy atom. The molecule has 1 fully saturated rings. The van der Waals surface area contributed by atoms with Crippen LogP contribution in [0.25, 0.3) is 5.69 Å². The second-order valence-electron chi connectivity index (χ2n) is 5.35. The lowest BCUT2D eigenvalue weighted by Gasteiger charge is -2.23. The Hall–Kier alpha value is -1.79. The van der Waals surface area contributed by atoms with Crippen LogP contribution in [0.3, 0.4) is 0 Å². The van der Waals surface area contributed by atoms with Crippen LogP contribution in [0.1, 0.15) is 25.6 Å². The maximum atomic E-state index is 5.75. The van der Waals surface area contributed by atoms with Crippen molar-refractivity contribution >= 4 is 0 Å². The molecule has 0 amide bonds. The monoisotopic (exact) mass is 273 g/mol. The summed E-state index contributed by atoms with van der Waals surface area (Å²) in [5, 5.41) is 15.3. The standard InChI is InChI=1S/C14H19N5O/c1-14(8-5-9-20-14)11-15-10-13-16-17-18-19(13)12-6-3-2-4-7-12/h2-4,6-7,15H,5,8-11H2,1H3. The second-order valence-corrected chi connectivity index (χ2v) is 5.35. The smallest absolute Gasteiger partial charge is 0.170 e.